The van der Waals surface area contributed by atoms with E-state index in [0.717, 1.165) is 33.8 Å². The second-order valence-electron chi connectivity index (χ2n) is 6.31. The predicted molar refractivity (Wildman–Crippen MR) is 101 cm³/mol. The molecule has 0 atom stereocenters. The summed E-state index contributed by atoms with van der Waals surface area (Å²) in [5, 5.41) is 13.9. The number of hydrogen-bond donors (Lipinski definition) is 1. The van der Waals surface area contributed by atoms with Crippen LogP contribution in [0.5, 0.6) is 0 Å². The zero-order valence-corrected chi connectivity index (χ0v) is 14.9. The molecule has 0 aliphatic rings. The molecule has 1 N–H and O–H groups in total. The predicted octanol–water partition coefficient (Wildman–Crippen LogP) is 3.93. The number of H-pyrrole nitrogens is 1. The van der Waals surface area contributed by atoms with Crippen molar-refractivity contribution in [1.29, 1.82) is 0 Å². The van der Waals surface area contributed by atoms with Crippen LogP contribution >= 0.6 is 0 Å². The number of nitrogens with zero attached hydrogens (tertiary/aromatic N) is 5. The van der Waals surface area contributed by atoms with Crippen LogP contribution in [0.3, 0.4) is 0 Å². The van der Waals surface area contributed by atoms with E-state index in [1.165, 1.54) is 0 Å². The Kier molecular flexibility index (Phi) is 4.74. The number of aryl methyl sites for hydroxylation is 2. The Morgan fingerprint density at radius 1 is 1.07 bits per heavy atom. The van der Waals surface area contributed by atoms with Gasteiger partial charge in [0.05, 0.1) is 6.67 Å². The molecule has 0 radical (unpaired) electrons. The third-order valence-electron chi connectivity index (χ3n) is 4.59. The molecule has 136 valence electrons. The van der Waals surface area contributed by atoms with Crippen molar-refractivity contribution in [2.45, 2.75) is 19.8 Å². The summed E-state index contributed by atoms with van der Waals surface area (Å²) in [5.41, 5.74) is 5.25. The number of aromatic amines is 1. The smallest absolute Gasteiger partial charge is 0.179 e. The Hall–Kier alpha value is -3.35. The van der Waals surface area contributed by atoms with E-state index in [2.05, 4.69) is 43.8 Å². The SMILES string of the molecule is Cc1nccn1-c1ccc(-c2ccc(-c3nnn[nH]3)cc2)c(CCCF)c1. The molecule has 0 aliphatic heterocycles. The lowest BCUT2D eigenvalue weighted by atomic mass is 9.95. The molecule has 0 spiro atoms. The lowest BCUT2D eigenvalue weighted by Crippen LogP contribution is -1.99. The third-order valence-corrected chi connectivity index (χ3v) is 4.59. The number of rotatable bonds is 6. The van der Waals surface area contributed by atoms with Crippen LogP contribution in [0.4, 0.5) is 4.39 Å². The van der Waals surface area contributed by atoms with Crippen molar-refractivity contribution in [1.82, 2.24) is 30.2 Å². The molecule has 6 nitrogen and oxygen atoms in total. The molecule has 2 aromatic carbocycles. The van der Waals surface area contributed by atoms with Crippen molar-refractivity contribution in [3.05, 3.63) is 66.2 Å². The van der Waals surface area contributed by atoms with Crippen molar-refractivity contribution < 1.29 is 4.39 Å². The molecule has 27 heavy (non-hydrogen) atoms. The second kappa shape index (κ2) is 7.49. The topological polar surface area (TPSA) is 72.3 Å². The highest BCUT2D eigenvalue weighted by Gasteiger charge is 2.10. The van der Waals surface area contributed by atoms with Gasteiger partial charge in [0, 0.05) is 23.6 Å². The van der Waals surface area contributed by atoms with Crippen molar-refractivity contribution in [2.24, 2.45) is 0 Å². The zero-order chi connectivity index (χ0) is 18.6. The minimum absolute atomic E-state index is 0.328. The highest BCUT2D eigenvalue weighted by atomic mass is 19.1. The average Bonchev–Trinajstić information content (AvgIpc) is 3.38. The zero-order valence-electron chi connectivity index (χ0n) is 14.9. The normalized spacial score (nSPS) is 11.0. The van der Waals surface area contributed by atoms with E-state index in [0.29, 0.717) is 18.7 Å². The number of imidazole rings is 1. The highest BCUT2D eigenvalue weighted by Crippen LogP contribution is 2.29. The monoisotopic (exact) mass is 362 g/mol. The lowest BCUT2D eigenvalue weighted by molar-refractivity contribution is 0.473. The Bertz CT molecular complexity index is 1020. The van der Waals surface area contributed by atoms with Crippen LogP contribution in [0.15, 0.2) is 54.9 Å². The van der Waals surface area contributed by atoms with Gasteiger partial charge in [-0.1, -0.05) is 30.3 Å². The summed E-state index contributed by atoms with van der Waals surface area (Å²) in [6.45, 7) is 1.64. The fraction of sp³-hybridized carbons (Fsp3) is 0.200. The van der Waals surface area contributed by atoms with Gasteiger partial charge in [0.25, 0.3) is 0 Å². The summed E-state index contributed by atoms with van der Waals surface area (Å²) in [5.74, 6) is 1.55. The molecule has 0 fully saturated rings. The summed E-state index contributed by atoms with van der Waals surface area (Å²) in [6, 6.07) is 14.3. The van der Waals surface area contributed by atoms with Crippen LogP contribution in [-0.4, -0.2) is 36.8 Å². The molecule has 2 aromatic heterocycles. The molecule has 0 aliphatic carbocycles. The third kappa shape index (κ3) is 3.48. The van der Waals surface area contributed by atoms with Gasteiger partial charge in [-0.25, -0.2) is 10.1 Å². The minimum Gasteiger partial charge on any atom is -0.304 e. The molecule has 7 heteroatoms. The summed E-state index contributed by atoms with van der Waals surface area (Å²) in [4.78, 5) is 4.28. The summed E-state index contributed by atoms with van der Waals surface area (Å²) in [6.07, 6.45) is 4.90. The summed E-state index contributed by atoms with van der Waals surface area (Å²) >= 11 is 0. The average molecular weight is 362 g/mol. The van der Waals surface area contributed by atoms with Crippen molar-refractivity contribution in [3.63, 3.8) is 0 Å². The first-order valence-corrected chi connectivity index (χ1v) is 8.80. The molecular formula is C20H19FN6. The maximum Gasteiger partial charge on any atom is 0.179 e. The van der Waals surface area contributed by atoms with Crippen LogP contribution in [0.1, 0.15) is 17.8 Å². The highest BCUT2D eigenvalue weighted by molar-refractivity contribution is 5.71. The molecule has 2 heterocycles. The number of aromatic nitrogens is 6. The van der Waals surface area contributed by atoms with Gasteiger partial charge in [0.15, 0.2) is 5.82 Å². The van der Waals surface area contributed by atoms with Crippen LogP contribution in [0.2, 0.25) is 0 Å². The molecule has 4 aromatic rings. The van der Waals surface area contributed by atoms with Crippen LogP contribution < -0.4 is 0 Å². The van der Waals surface area contributed by atoms with E-state index in [1.807, 2.05) is 42.0 Å². The minimum atomic E-state index is -0.328. The van der Waals surface area contributed by atoms with Crippen molar-refractivity contribution in [2.75, 3.05) is 6.67 Å². The van der Waals surface area contributed by atoms with Gasteiger partial charge >= 0.3 is 0 Å². The Morgan fingerprint density at radius 3 is 2.56 bits per heavy atom. The summed E-state index contributed by atoms with van der Waals surface area (Å²) < 4.78 is 14.9. The molecule has 0 saturated carbocycles. The van der Waals surface area contributed by atoms with E-state index in [-0.39, 0.29) is 6.67 Å². The summed E-state index contributed by atoms with van der Waals surface area (Å²) in [7, 11) is 0. The van der Waals surface area contributed by atoms with Gasteiger partial charge in [-0.15, -0.1) is 5.10 Å². The van der Waals surface area contributed by atoms with Crippen molar-refractivity contribution in [3.8, 4) is 28.2 Å². The Balaban J connectivity index is 1.71. The van der Waals surface area contributed by atoms with Gasteiger partial charge in [0.1, 0.15) is 5.82 Å². The Labute approximate surface area is 156 Å². The van der Waals surface area contributed by atoms with Crippen LogP contribution in [0, 0.1) is 6.92 Å². The van der Waals surface area contributed by atoms with Gasteiger partial charge in [-0.2, -0.15) is 0 Å². The molecule has 0 amide bonds. The van der Waals surface area contributed by atoms with Gasteiger partial charge in [-0.3, -0.25) is 4.39 Å². The first kappa shape index (κ1) is 17.1. The molecule has 0 bridgehead atoms. The van der Waals surface area contributed by atoms with E-state index < -0.39 is 0 Å². The van der Waals surface area contributed by atoms with Gasteiger partial charge in [-0.05, 0) is 59.0 Å². The lowest BCUT2D eigenvalue weighted by Gasteiger charge is -2.13. The first-order chi connectivity index (χ1) is 13.3. The van der Waals surface area contributed by atoms with E-state index in [1.54, 1.807) is 6.20 Å². The largest absolute Gasteiger partial charge is 0.304 e. The number of alkyl halides is 1. The van der Waals surface area contributed by atoms with E-state index in [4.69, 9.17) is 0 Å². The fourth-order valence-corrected chi connectivity index (χ4v) is 3.22. The number of halogens is 1. The Morgan fingerprint density at radius 2 is 1.89 bits per heavy atom. The molecular weight excluding hydrogens is 343 g/mol. The molecule has 4 rings (SSSR count). The van der Waals surface area contributed by atoms with E-state index in [9.17, 15) is 4.39 Å². The van der Waals surface area contributed by atoms with Crippen LogP contribution in [-0.2, 0) is 6.42 Å². The molecule has 0 unspecified atom stereocenters. The van der Waals surface area contributed by atoms with Gasteiger partial charge < -0.3 is 4.57 Å². The van der Waals surface area contributed by atoms with Crippen LogP contribution in [0.25, 0.3) is 28.2 Å². The second-order valence-corrected chi connectivity index (χ2v) is 6.31. The maximum atomic E-state index is 12.8. The van der Waals surface area contributed by atoms with Gasteiger partial charge in [0.2, 0.25) is 0 Å². The number of tetrazole rings is 1. The van der Waals surface area contributed by atoms with Crippen molar-refractivity contribution >= 4 is 0 Å². The number of benzene rings is 2. The van der Waals surface area contributed by atoms with E-state index >= 15 is 0 Å². The number of hydrogen-bond acceptors (Lipinski definition) is 4. The fourth-order valence-electron chi connectivity index (χ4n) is 3.22. The number of nitrogens with one attached hydrogen (secondary N) is 1. The standard InChI is InChI=1S/C20H19FN6/c1-14-22-11-12-27(14)18-8-9-19(17(13-18)3-2-10-21)15-4-6-16(7-5-15)20-23-25-26-24-20/h4-9,11-13H,2-3,10H2,1H3,(H,23,24,25,26). The molecule has 0 saturated heterocycles. The maximum absolute atomic E-state index is 12.8. The quantitative estimate of drug-likeness (QED) is 0.564. The first-order valence-electron chi connectivity index (χ1n) is 8.80.